The fraction of sp³-hybridized carbons (Fsp3) is 0.500. The average molecular weight is 275 g/mol. The molecule has 1 fully saturated rings. The molecule has 1 aliphatic carbocycles. The van der Waals surface area contributed by atoms with Crippen LogP contribution in [0.3, 0.4) is 0 Å². The van der Waals surface area contributed by atoms with E-state index in [-0.39, 0.29) is 4.90 Å². The second-order valence-corrected chi connectivity index (χ2v) is 7.10. The number of hydrogen-bond donors (Lipinski definition) is 0. The van der Waals surface area contributed by atoms with E-state index < -0.39 is 9.05 Å². The summed E-state index contributed by atoms with van der Waals surface area (Å²) in [5.41, 5.74) is 0. The summed E-state index contributed by atoms with van der Waals surface area (Å²) in [7, 11) is 1.58. The summed E-state index contributed by atoms with van der Waals surface area (Å²) in [5.74, 6) is 2.05. The zero-order chi connectivity index (χ0) is 12.5. The fourth-order valence-electron chi connectivity index (χ4n) is 1.88. The molecule has 17 heavy (non-hydrogen) atoms. The SMILES string of the molecule is C[C@H]1CC[C@H]1COc1ccc(S(=O)(=O)Cl)cc1. The number of halogens is 1. The highest BCUT2D eigenvalue weighted by Crippen LogP contribution is 2.34. The number of rotatable bonds is 4. The van der Waals surface area contributed by atoms with E-state index in [1.54, 1.807) is 12.1 Å². The molecule has 0 N–H and O–H groups in total. The maximum atomic E-state index is 11.0. The molecule has 1 aromatic carbocycles. The van der Waals surface area contributed by atoms with Crippen molar-refractivity contribution in [3.05, 3.63) is 24.3 Å². The van der Waals surface area contributed by atoms with E-state index in [0.29, 0.717) is 18.3 Å². The molecule has 0 amide bonds. The summed E-state index contributed by atoms with van der Waals surface area (Å²) in [4.78, 5) is 0.100. The molecule has 2 rings (SSSR count). The van der Waals surface area contributed by atoms with Crippen molar-refractivity contribution in [3.63, 3.8) is 0 Å². The Hall–Kier alpha value is -0.740. The Balaban J connectivity index is 1.94. The molecule has 1 aromatic rings. The van der Waals surface area contributed by atoms with Gasteiger partial charge in [0.05, 0.1) is 11.5 Å². The number of benzene rings is 1. The Kier molecular flexibility index (Phi) is 3.64. The summed E-state index contributed by atoms with van der Waals surface area (Å²) in [5, 5.41) is 0. The number of hydrogen-bond acceptors (Lipinski definition) is 3. The van der Waals surface area contributed by atoms with Gasteiger partial charge in [-0.3, -0.25) is 0 Å². The van der Waals surface area contributed by atoms with Gasteiger partial charge in [0.15, 0.2) is 0 Å². The van der Waals surface area contributed by atoms with Crippen LogP contribution in [-0.4, -0.2) is 15.0 Å². The van der Waals surface area contributed by atoms with Crippen LogP contribution in [0.2, 0.25) is 0 Å². The van der Waals surface area contributed by atoms with E-state index in [1.165, 1.54) is 25.0 Å². The maximum Gasteiger partial charge on any atom is 0.261 e. The monoisotopic (exact) mass is 274 g/mol. The highest BCUT2D eigenvalue weighted by Gasteiger charge is 2.27. The minimum atomic E-state index is -3.64. The van der Waals surface area contributed by atoms with Gasteiger partial charge in [-0.2, -0.15) is 0 Å². The van der Waals surface area contributed by atoms with Gasteiger partial charge in [-0.25, -0.2) is 8.42 Å². The van der Waals surface area contributed by atoms with E-state index in [9.17, 15) is 8.42 Å². The third-order valence-electron chi connectivity index (χ3n) is 3.37. The third kappa shape index (κ3) is 3.13. The molecule has 0 aliphatic heterocycles. The lowest BCUT2D eigenvalue weighted by molar-refractivity contribution is 0.116. The molecule has 1 aliphatic rings. The van der Waals surface area contributed by atoms with Gasteiger partial charge in [0, 0.05) is 10.7 Å². The summed E-state index contributed by atoms with van der Waals surface area (Å²) in [6.45, 7) is 2.93. The van der Waals surface area contributed by atoms with Crippen LogP contribution in [0.4, 0.5) is 0 Å². The predicted octanol–water partition coefficient (Wildman–Crippen LogP) is 3.04. The smallest absolute Gasteiger partial charge is 0.261 e. The van der Waals surface area contributed by atoms with Gasteiger partial charge in [-0.05, 0) is 48.9 Å². The Labute approximate surface area is 106 Å². The lowest BCUT2D eigenvalue weighted by Gasteiger charge is -2.33. The van der Waals surface area contributed by atoms with Crippen molar-refractivity contribution in [2.75, 3.05) is 6.61 Å². The van der Waals surface area contributed by atoms with E-state index in [2.05, 4.69) is 6.92 Å². The molecule has 1 saturated carbocycles. The Morgan fingerprint density at radius 2 is 1.94 bits per heavy atom. The first kappa shape index (κ1) is 12.7. The van der Waals surface area contributed by atoms with Gasteiger partial charge in [0.1, 0.15) is 5.75 Å². The van der Waals surface area contributed by atoms with Crippen molar-refractivity contribution >= 4 is 19.7 Å². The first-order chi connectivity index (χ1) is 7.97. The predicted molar refractivity (Wildman–Crippen MR) is 66.9 cm³/mol. The van der Waals surface area contributed by atoms with Crippen LogP contribution >= 0.6 is 10.7 Å². The summed E-state index contributed by atoms with van der Waals surface area (Å²) >= 11 is 0. The Bertz CT molecular complexity index is 481. The Morgan fingerprint density at radius 3 is 2.35 bits per heavy atom. The van der Waals surface area contributed by atoms with Crippen LogP contribution in [0.25, 0.3) is 0 Å². The zero-order valence-electron chi connectivity index (χ0n) is 9.60. The minimum absolute atomic E-state index is 0.100. The van der Waals surface area contributed by atoms with Gasteiger partial charge in [0.25, 0.3) is 9.05 Å². The minimum Gasteiger partial charge on any atom is -0.493 e. The lowest BCUT2D eigenvalue weighted by atomic mass is 9.75. The molecule has 0 unspecified atom stereocenters. The van der Waals surface area contributed by atoms with Gasteiger partial charge in [-0.1, -0.05) is 6.92 Å². The molecule has 0 bridgehead atoms. The van der Waals surface area contributed by atoms with Gasteiger partial charge >= 0.3 is 0 Å². The highest BCUT2D eigenvalue weighted by molar-refractivity contribution is 8.13. The van der Waals surface area contributed by atoms with Crippen LogP contribution in [0.1, 0.15) is 19.8 Å². The first-order valence-electron chi connectivity index (χ1n) is 5.64. The van der Waals surface area contributed by atoms with Crippen LogP contribution in [0, 0.1) is 11.8 Å². The van der Waals surface area contributed by atoms with Gasteiger partial charge < -0.3 is 4.74 Å². The highest BCUT2D eigenvalue weighted by atomic mass is 35.7. The summed E-state index contributed by atoms with van der Waals surface area (Å²) in [6.07, 6.45) is 2.49. The van der Waals surface area contributed by atoms with Crippen molar-refractivity contribution < 1.29 is 13.2 Å². The van der Waals surface area contributed by atoms with Crippen molar-refractivity contribution in [1.82, 2.24) is 0 Å². The largest absolute Gasteiger partial charge is 0.493 e. The molecule has 5 heteroatoms. The zero-order valence-corrected chi connectivity index (χ0v) is 11.2. The molecule has 0 radical (unpaired) electrons. The van der Waals surface area contributed by atoms with E-state index >= 15 is 0 Å². The molecule has 0 saturated heterocycles. The first-order valence-corrected chi connectivity index (χ1v) is 7.95. The van der Waals surface area contributed by atoms with Crippen molar-refractivity contribution in [2.24, 2.45) is 11.8 Å². The molecule has 2 atom stereocenters. The summed E-state index contributed by atoms with van der Waals surface area (Å²) < 4.78 is 27.7. The fourth-order valence-corrected chi connectivity index (χ4v) is 2.65. The molecular weight excluding hydrogens is 260 g/mol. The van der Waals surface area contributed by atoms with E-state index in [4.69, 9.17) is 15.4 Å². The molecular formula is C12H15ClO3S. The molecule has 0 aromatic heterocycles. The molecule has 0 spiro atoms. The third-order valence-corrected chi connectivity index (χ3v) is 4.74. The Morgan fingerprint density at radius 1 is 1.29 bits per heavy atom. The van der Waals surface area contributed by atoms with Crippen LogP contribution in [0.15, 0.2) is 29.2 Å². The molecule has 94 valence electrons. The standard InChI is InChI=1S/C12H15ClO3S/c1-9-2-3-10(9)8-16-11-4-6-12(7-5-11)17(13,14)15/h4-7,9-10H,2-3,8H2,1H3/t9-,10-/m0/s1. The van der Waals surface area contributed by atoms with E-state index in [1.807, 2.05) is 0 Å². The number of ether oxygens (including phenoxy) is 1. The lowest BCUT2D eigenvalue weighted by Crippen LogP contribution is -2.28. The molecule has 3 nitrogen and oxygen atoms in total. The molecule has 0 heterocycles. The summed E-state index contributed by atoms with van der Waals surface area (Å²) in [6, 6.07) is 6.20. The van der Waals surface area contributed by atoms with Crippen LogP contribution in [-0.2, 0) is 9.05 Å². The normalized spacial score (nSPS) is 24.1. The van der Waals surface area contributed by atoms with Gasteiger partial charge in [-0.15, -0.1) is 0 Å². The van der Waals surface area contributed by atoms with Crippen molar-refractivity contribution in [1.29, 1.82) is 0 Å². The quantitative estimate of drug-likeness (QED) is 0.793. The second-order valence-electron chi connectivity index (χ2n) is 4.53. The van der Waals surface area contributed by atoms with Crippen LogP contribution < -0.4 is 4.74 Å². The second kappa shape index (κ2) is 4.86. The average Bonchev–Trinajstić information content (AvgIpc) is 2.27. The van der Waals surface area contributed by atoms with Gasteiger partial charge in [0.2, 0.25) is 0 Å². The van der Waals surface area contributed by atoms with E-state index in [0.717, 1.165) is 5.92 Å². The van der Waals surface area contributed by atoms with Crippen LogP contribution in [0.5, 0.6) is 5.75 Å². The van der Waals surface area contributed by atoms with Crippen molar-refractivity contribution in [3.8, 4) is 5.75 Å². The van der Waals surface area contributed by atoms with Crippen molar-refractivity contribution in [2.45, 2.75) is 24.7 Å². The topological polar surface area (TPSA) is 43.4 Å². The maximum absolute atomic E-state index is 11.0.